The van der Waals surface area contributed by atoms with E-state index >= 15 is 0 Å². The molecule has 3 N–H and O–H groups in total. The van der Waals surface area contributed by atoms with Crippen molar-refractivity contribution in [3.05, 3.63) is 34.3 Å². The monoisotopic (exact) mass is 362 g/mol. The molecule has 0 saturated heterocycles. The van der Waals surface area contributed by atoms with E-state index in [1.807, 2.05) is 31.2 Å². The maximum Gasteiger partial charge on any atom is 0.237 e. The van der Waals surface area contributed by atoms with Crippen LogP contribution in [0.2, 0.25) is 0 Å². The molecule has 7 heteroatoms. The molecule has 0 fully saturated rings. The molecule has 0 heterocycles. The minimum Gasteiger partial charge on any atom is -0.348 e. The maximum atomic E-state index is 11.9. The number of carbonyl (C=O) groups excluding carboxylic acids is 1. The summed E-state index contributed by atoms with van der Waals surface area (Å²) in [5.41, 5.74) is 6.64. The van der Waals surface area contributed by atoms with Crippen LogP contribution in [0.4, 0.5) is 0 Å². The standard InChI is InChI=1S/C13H19BrN2O3S/c1-9(10-4-3-5-11(14)8-10)16-13(17)12(15)6-7-20(2,18)19/h3-5,8-9,12H,6-7,15H2,1-2H3,(H,16,17). The van der Waals surface area contributed by atoms with Crippen molar-refractivity contribution < 1.29 is 13.2 Å². The summed E-state index contributed by atoms with van der Waals surface area (Å²) in [6.07, 6.45) is 1.25. The molecule has 0 aliphatic rings. The van der Waals surface area contributed by atoms with Gasteiger partial charge in [0.05, 0.1) is 17.8 Å². The molecule has 0 bridgehead atoms. The first-order valence-electron chi connectivity index (χ1n) is 6.18. The van der Waals surface area contributed by atoms with Gasteiger partial charge in [-0.3, -0.25) is 4.79 Å². The van der Waals surface area contributed by atoms with Gasteiger partial charge in [0, 0.05) is 10.7 Å². The second-order valence-corrected chi connectivity index (χ2v) is 7.99. The van der Waals surface area contributed by atoms with Crippen LogP contribution in [-0.2, 0) is 14.6 Å². The number of benzene rings is 1. The average molecular weight is 363 g/mol. The van der Waals surface area contributed by atoms with E-state index in [9.17, 15) is 13.2 Å². The van der Waals surface area contributed by atoms with Gasteiger partial charge in [-0.05, 0) is 31.0 Å². The Bertz CT molecular complexity index is 575. The van der Waals surface area contributed by atoms with Gasteiger partial charge in [0.2, 0.25) is 5.91 Å². The molecule has 1 aromatic rings. The van der Waals surface area contributed by atoms with Gasteiger partial charge in [-0.25, -0.2) is 8.42 Å². The Morgan fingerprint density at radius 1 is 1.45 bits per heavy atom. The quantitative estimate of drug-likeness (QED) is 0.799. The van der Waals surface area contributed by atoms with Gasteiger partial charge in [0.25, 0.3) is 0 Å². The molecule has 2 unspecified atom stereocenters. The largest absolute Gasteiger partial charge is 0.348 e. The number of nitrogens with one attached hydrogen (secondary N) is 1. The predicted molar refractivity (Wildman–Crippen MR) is 83.0 cm³/mol. The summed E-state index contributed by atoms with van der Waals surface area (Å²) in [5, 5.41) is 2.78. The summed E-state index contributed by atoms with van der Waals surface area (Å²) >= 11 is 3.37. The van der Waals surface area contributed by atoms with Crippen molar-refractivity contribution in [1.29, 1.82) is 0 Å². The third-order valence-corrected chi connectivity index (χ3v) is 4.31. The highest BCUT2D eigenvalue weighted by Gasteiger charge is 2.18. The lowest BCUT2D eigenvalue weighted by atomic mass is 10.1. The fourth-order valence-corrected chi connectivity index (χ4v) is 2.75. The molecule has 112 valence electrons. The van der Waals surface area contributed by atoms with Crippen LogP contribution in [0.5, 0.6) is 0 Å². The zero-order valence-electron chi connectivity index (χ0n) is 11.5. The number of nitrogens with two attached hydrogens (primary N) is 1. The van der Waals surface area contributed by atoms with Crippen LogP contribution in [0, 0.1) is 0 Å². The van der Waals surface area contributed by atoms with Crippen molar-refractivity contribution in [2.24, 2.45) is 5.73 Å². The van der Waals surface area contributed by atoms with Crippen LogP contribution in [-0.4, -0.2) is 32.4 Å². The molecule has 1 amide bonds. The Balaban J connectivity index is 2.57. The Kier molecular flexibility index (Phi) is 6.16. The highest BCUT2D eigenvalue weighted by Crippen LogP contribution is 2.17. The molecule has 0 aliphatic heterocycles. The summed E-state index contributed by atoms with van der Waals surface area (Å²) in [7, 11) is -3.11. The number of hydrogen-bond acceptors (Lipinski definition) is 4. The van der Waals surface area contributed by atoms with Gasteiger partial charge in [-0.1, -0.05) is 28.1 Å². The highest BCUT2D eigenvalue weighted by atomic mass is 79.9. The normalized spacial score (nSPS) is 14.6. The second kappa shape index (κ2) is 7.19. The lowest BCUT2D eigenvalue weighted by Crippen LogP contribution is -2.42. The van der Waals surface area contributed by atoms with Crippen LogP contribution in [0.25, 0.3) is 0 Å². The first-order valence-corrected chi connectivity index (χ1v) is 9.03. The van der Waals surface area contributed by atoms with Crippen molar-refractivity contribution in [2.75, 3.05) is 12.0 Å². The van der Waals surface area contributed by atoms with E-state index in [1.165, 1.54) is 0 Å². The van der Waals surface area contributed by atoms with Gasteiger partial charge in [0.1, 0.15) is 9.84 Å². The van der Waals surface area contributed by atoms with E-state index in [0.717, 1.165) is 16.3 Å². The SMILES string of the molecule is CC(NC(=O)C(N)CCS(C)(=O)=O)c1cccc(Br)c1. The van der Waals surface area contributed by atoms with Crippen LogP contribution >= 0.6 is 15.9 Å². The molecule has 2 atom stereocenters. The predicted octanol–water partition coefficient (Wildman–Crippen LogP) is 1.39. The first kappa shape index (κ1) is 17.1. The molecule has 0 saturated carbocycles. The topological polar surface area (TPSA) is 89.3 Å². The number of amides is 1. The molecule has 20 heavy (non-hydrogen) atoms. The lowest BCUT2D eigenvalue weighted by Gasteiger charge is -2.18. The lowest BCUT2D eigenvalue weighted by molar-refractivity contribution is -0.123. The minimum atomic E-state index is -3.11. The van der Waals surface area contributed by atoms with Gasteiger partial charge >= 0.3 is 0 Å². The number of carbonyl (C=O) groups is 1. The summed E-state index contributed by atoms with van der Waals surface area (Å²) in [4.78, 5) is 11.9. The third-order valence-electron chi connectivity index (χ3n) is 2.84. The summed E-state index contributed by atoms with van der Waals surface area (Å²) in [5.74, 6) is -0.437. The van der Waals surface area contributed by atoms with E-state index < -0.39 is 15.9 Å². The molecule has 0 aromatic heterocycles. The Morgan fingerprint density at radius 3 is 2.65 bits per heavy atom. The van der Waals surface area contributed by atoms with Crippen molar-refractivity contribution in [3.63, 3.8) is 0 Å². The molecule has 1 rings (SSSR count). The van der Waals surface area contributed by atoms with Gasteiger partial charge < -0.3 is 11.1 Å². The molecule has 1 aromatic carbocycles. The molecule has 5 nitrogen and oxygen atoms in total. The van der Waals surface area contributed by atoms with Crippen molar-refractivity contribution in [1.82, 2.24) is 5.32 Å². The minimum absolute atomic E-state index is 0.0904. The number of halogens is 1. The Hall–Kier alpha value is -0.920. The van der Waals surface area contributed by atoms with E-state index in [4.69, 9.17) is 5.73 Å². The number of sulfone groups is 1. The maximum absolute atomic E-state index is 11.9. The van der Waals surface area contributed by atoms with Gasteiger partial charge in [-0.15, -0.1) is 0 Å². The van der Waals surface area contributed by atoms with Gasteiger partial charge in [-0.2, -0.15) is 0 Å². The van der Waals surface area contributed by atoms with Crippen molar-refractivity contribution >= 4 is 31.7 Å². The molecule has 0 radical (unpaired) electrons. The zero-order valence-corrected chi connectivity index (χ0v) is 13.9. The fraction of sp³-hybridized carbons (Fsp3) is 0.462. The molecule has 0 aliphatic carbocycles. The highest BCUT2D eigenvalue weighted by molar-refractivity contribution is 9.10. The number of hydrogen-bond donors (Lipinski definition) is 2. The molecular formula is C13H19BrN2O3S. The van der Waals surface area contributed by atoms with E-state index in [1.54, 1.807) is 0 Å². The van der Waals surface area contributed by atoms with Crippen LogP contribution in [0.3, 0.4) is 0 Å². The van der Waals surface area contributed by atoms with Gasteiger partial charge in [0.15, 0.2) is 0 Å². The van der Waals surface area contributed by atoms with Crippen LogP contribution in [0.15, 0.2) is 28.7 Å². The van der Waals surface area contributed by atoms with Crippen LogP contribution < -0.4 is 11.1 Å². The first-order chi connectivity index (χ1) is 9.19. The summed E-state index contributed by atoms with van der Waals surface area (Å²) in [6, 6.07) is 6.58. The van der Waals surface area contributed by atoms with Crippen molar-refractivity contribution in [2.45, 2.75) is 25.4 Å². The van der Waals surface area contributed by atoms with Crippen molar-refractivity contribution in [3.8, 4) is 0 Å². The smallest absolute Gasteiger partial charge is 0.237 e. The van der Waals surface area contributed by atoms with E-state index in [-0.39, 0.29) is 24.1 Å². The van der Waals surface area contributed by atoms with Crippen LogP contribution in [0.1, 0.15) is 24.9 Å². The Morgan fingerprint density at radius 2 is 2.10 bits per heavy atom. The zero-order chi connectivity index (χ0) is 15.3. The Labute approximate surface area is 128 Å². The molecule has 0 spiro atoms. The fourth-order valence-electron chi connectivity index (χ4n) is 1.65. The molecular weight excluding hydrogens is 344 g/mol. The third kappa shape index (κ3) is 6.02. The summed E-state index contributed by atoms with van der Waals surface area (Å²) < 4.78 is 23.0. The van der Waals surface area contributed by atoms with E-state index in [0.29, 0.717) is 0 Å². The number of rotatable bonds is 6. The average Bonchev–Trinajstić information content (AvgIpc) is 2.34. The summed E-state index contributed by atoms with van der Waals surface area (Å²) in [6.45, 7) is 1.85. The second-order valence-electron chi connectivity index (χ2n) is 4.81. The van der Waals surface area contributed by atoms with E-state index in [2.05, 4.69) is 21.2 Å².